The SMILES string of the molecule is Cc1cc(C)c(C(O)C(C)NCCCN(C)C)c(C)c1. The van der Waals surface area contributed by atoms with E-state index in [-0.39, 0.29) is 6.04 Å². The van der Waals surface area contributed by atoms with Gasteiger partial charge in [-0.25, -0.2) is 0 Å². The van der Waals surface area contributed by atoms with Gasteiger partial charge < -0.3 is 15.3 Å². The first kappa shape index (κ1) is 17.2. The average Bonchev–Trinajstić information content (AvgIpc) is 2.32. The van der Waals surface area contributed by atoms with Gasteiger partial charge in [-0.2, -0.15) is 0 Å². The van der Waals surface area contributed by atoms with Crippen molar-refractivity contribution >= 4 is 0 Å². The van der Waals surface area contributed by atoms with E-state index >= 15 is 0 Å². The number of benzene rings is 1. The maximum absolute atomic E-state index is 10.6. The highest BCUT2D eigenvalue weighted by atomic mass is 16.3. The number of aryl methyl sites for hydroxylation is 3. The molecule has 0 aliphatic carbocycles. The van der Waals surface area contributed by atoms with Gasteiger partial charge in [0, 0.05) is 6.04 Å². The maximum atomic E-state index is 10.6. The fourth-order valence-corrected chi connectivity index (χ4v) is 2.74. The van der Waals surface area contributed by atoms with Crippen molar-refractivity contribution in [3.8, 4) is 0 Å². The summed E-state index contributed by atoms with van der Waals surface area (Å²) in [6, 6.07) is 4.35. The van der Waals surface area contributed by atoms with Crippen LogP contribution >= 0.6 is 0 Å². The molecule has 0 spiro atoms. The summed E-state index contributed by atoms with van der Waals surface area (Å²) < 4.78 is 0. The van der Waals surface area contributed by atoms with Crippen LogP contribution in [0.25, 0.3) is 0 Å². The molecular weight excluding hydrogens is 248 g/mol. The van der Waals surface area contributed by atoms with Gasteiger partial charge in [-0.1, -0.05) is 17.7 Å². The summed E-state index contributed by atoms with van der Waals surface area (Å²) in [5.74, 6) is 0. The highest BCUT2D eigenvalue weighted by Gasteiger charge is 2.19. The molecule has 1 aromatic rings. The molecule has 1 rings (SSSR count). The molecule has 0 fully saturated rings. The minimum atomic E-state index is -0.449. The van der Waals surface area contributed by atoms with Crippen molar-refractivity contribution in [1.29, 1.82) is 0 Å². The van der Waals surface area contributed by atoms with E-state index in [4.69, 9.17) is 0 Å². The van der Waals surface area contributed by atoms with Crippen molar-refractivity contribution in [2.45, 2.75) is 46.3 Å². The lowest BCUT2D eigenvalue weighted by molar-refractivity contribution is 0.134. The lowest BCUT2D eigenvalue weighted by Crippen LogP contribution is -2.34. The molecule has 20 heavy (non-hydrogen) atoms. The minimum Gasteiger partial charge on any atom is -0.387 e. The normalized spacial score (nSPS) is 14.6. The Bertz CT molecular complexity index is 406. The van der Waals surface area contributed by atoms with Crippen LogP contribution in [0.5, 0.6) is 0 Å². The molecule has 2 atom stereocenters. The summed E-state index contributed by atoms with van der Waals surface area (Å²) in [4.78, 5) is 2.18. The first-order valence-electron chi connectivity index (χ1n) is 7.47. The first-order chi connectivity index (χ1) is 9.32. The van der Waals surface area contributed by atoms with Gasteiger partial charge in [-0.3, -0.25) is 0 Å². The Hall–Kier alpha value is -0.900. The number of hydrogen-bond acceptors (Lipinski definition) is 3. The molecule has 0 heterocycles. The van der Waals surface area contributed by atoms with Gasteiger partial charge in [0.15, 0.2) is 0 Å². The van der Waals surface area contributed by atoms with Crippen molar-refractivity contribution in [3.63, 3.8) is 0 Å². The predicted molar refractivity (Wildman–Crippen MR) is 86.2 cm³/mol. The number of nitrogens with zero attached hydrogens (tertiary/aromatic N) is 1. The van der Waals surface area contributed by atoms with E-state index in [9.17, 15) is 5.11 Å². The van der Waals surface area contributed by atoms with E-state index in [2.05, 4.69) is 64.1 Å². The van der Waals surface area contributed by atoms with Gasteiger partial charge in [-0.05, 0) is 78.0 Å². The van der Waals surface area contributed by atoms with Crippen molar-refractivity contribution in [2.75, 3.05) is 27.2 Å². The number of nitrogens with one attached hydrogen (secondary N) is 1. The summed E-state index contributed by atoms with van der Waals surface area (Å²) in [5, 5.41) is 14.0. The van der Waals surface area contributed by atoms with E-state index in [1.54, 1.807) is 0 Å². The molecule has 0 aliphatic heterocycles. The number of aliphatic hydroxyl groups is 1. The second-order valence-electron chi connectivity index (χ2n) is 6.16. The molecule has 0 aromatic heterocycles. The zero-order valence-electron chi connectivity index (χ0n) is 13.8. The van der Waals surface area contributed by atoms with Crippen molar-refractivity contribution < 1.29 is 5.11 Å². The number of aliphatic hydroxyl groups excluding tert-OH is 1. The van der Waals surface area contributed by atoms with Crippen LogP contribution in [0.1, 0.15) is 41.7 Å². The van der Waals surface area contributed by atoms with Gasteiger partial charge in [0.1, 0.15) is 0 Å². The van der Waals surface area contributed by atoms with Crippen LogP contribution in [-0.2, 0) is 0 Å². The lowest BCUT2D eigenvalue weighted by atomic mass is 9.92. The fraction of sp³-hybridized carbons (Fsp3) is 0.647. The Labute approximate surface area is 124 Å². The number of hydrogen-bond donors (Lipinski definition) is 2. The molecule has 0 bridgehead atoms. The Morgan fingerprint density at radius 1 is 1.15 bits per heavy atom. The molecule has 2 N–H and O–H groups in total. The Kier molecular flexibility index (Phi) is 6.66. The van der Waals surface area contributed by atoms with Gasteiger partial charge >= 0.3 is 0 Å². The summed E-state index contributed by atoms with van der Waals surface area (Å²) in [6.07, 6.45) is 0.644. The quantitative estimate of drug-likeness (QED) is 0.753. The third kappa shape index (κ3) is 4.89. The summed E-state index contributed by atoms with van der Waals surface area (Å²) in [5.41, 5.74) is 4.68. The molecule has 3 nitrogen and oxygen atoms in total. The Morgan fingerprint density at radius 2 is 1.70 bits per heavy atom. The monoisotopic (exact) mass is 278 g/mol. The van der Waals surface area contributed by atoms with E-state index in [1.807, 2.05) is 0 Å². The number of rotatable bonds is 7. The standard InChI is InChI=1S/C17H30N2O/c1-12-10-13(2)16(14(3)11-12)17(20)15(4)18-8-7-9-19(5)6/h10-11,15,17-18,20H,7-9H2,1-6H3. The van der Waals surface area contributed by atoms with Crippen LogP contribution in [0, 0.1) is 20.8 Å². The van der Waals surface area contributed by atoms with E-state index < -0.39 is 6.10 Å². The van der Waals surface area contributed by atoms with Crippen LogP contribution in [0.3, 0.4) is 0 Å². The molecule has 2 unspecified atom stereocenters. The molecule has 0 saturated carbocycles. The van der Waals surface area contributed by atoms with Gasteiger partial charge in [0.05, 0.1) is 6.10 Å². The highest BCUT2D eigenvalue weighted by Crippen LogP contribution is 2.25. The Balaban J connectivity index is 2.63. The topological polar surface area (TPSA) is 35.5 Å². The van der Waals surface area contributed by atoms with Crippen LogP contribution in [0.2, 0.25) is 0 Å². The second kappa shape index (κ2) is 7.77. The molecule has 0 saturated heterocycles. The molecule has 0 amide bonds. The van der Waals surface area contributed by atoms with Crippen LogP contribution < -0.4 is 5.32 Å². The predicted octanol–water partition coefficient (Wildman–Crippen LogP) is 2.58. The molecule has 114 valence electrons. The van der Waals surface area contributed by atoms with Crippen LogP contribution in [-0.4, -0.2) is 43.2 Å². The van der Waals surface area contributed by atoms with E-state index in [0.29, 0.717) is 0 Å². The largest absolute Gasteiger partial charge is 0.387 e. The molecule has 0 radical (unpaired) electrons. The fourth-order valence-electron chi connectivity index (χ4n) is 2.74. The summed E-state index contributed by atoms with van der Waals surface area (Å²) in [6.45, 7) is 10.3. The van der Waals surface area contributed by atoms with Crippen molar-refractivity contribution in [3.05, 3.63) is 34.4 Å². The first-order valence-corrected chi connectivity index (χ1v) is 7.47. The van der Waals surface area contributed by atoms with Crippen LogP contribution in [0.15, 0.2) is 12.1 Å². The third-order valence-electron chi connectivity index (χ3n) is 3.76. The smallest absolute Gasteiger partial charge is 0.0945 e. The Morgan fingerprint density at radius 3 is 2.20 bits per heavy atom. The van der Waals surface area contributed by atoms with Crippen molar-refractivity contribution in [1.82, 2.24) is 10.2 Å². The molecule has 0 aliphatic rings. The van der Waals surface area contributed by atoms with Gasteiger partial charge in [0.25, 0.3) is 0 Å². The minimum absolute atomic E-state index is 0.0669. The summed E-state index contributed by atoms with van der Waals surface area (Å²) >= 11 is 0. The summed E-state index contributed by atoms with van der Waals surface area (Å²) in [7, 11) is 4.16. The third-order valence-corrected chi connectivity index (χ3v) is 3.76. The zero-order chi connectivity index (χ0) is 15.3. The average molecular weight is 278 g/mol. The lowest BCUT2D eigenvalue weighted by Gasteiger charge is -2.24. The van der Waals surface area contributed by atoms with Gasteiger partial charge in [0.2, 0.25) is 0 Å². The van der Waals surface area contributed by atoms with Crippen molar-refractivity contribution in [2.24, 2.45) is 0 Å². The van der Waals surface area contributed by atoms with Crippen LogP contribution in [0.4, 0.5) is 0 Å². The zero-order valence-corrected chi connectivity index (χ0v) is 13.8. The highest BCUT2D eigenvalue weighted by molar-refractivity contribution is 5.39. The van der Waals surface area contributed by atoms with E-state index in [0.717, 1.165) is 25.1 Å². The molecule has 1 aromatic carbocycles. The second-order valence-corrected chi connectivity index (χ2v) is 6.16. The van der Waals surface area contributed by atoms with E-state index in [1.165, 1.54) is 16.7 Å². The molecular formula is C17H30N2O. The molecule has 3 heteroatoms. The van der Waals surface area contributed by atoms with Gasteiger partial charge in [-0.15, -0.1) is 0 Å². The maximum Gasteiger partial charge on any atom is 0.0945 e.